The number of halogens is 3. The number of nitriles is 1. The number of imidazole rings is 1. The van der Waals surface area contributed by atoms with Crippen LogP contribution in [0.5, 0.6) is 0 Å². The smallest absolute Gasteiger partial charge is 0.337 e. The van der Waals surface area contributed by atoms with Gasteiger partial charge in [-0.15, -0.1) is 0 Å². The molecule has 0 spiro atoms. The molecule has 1 fully saturated rings. The molecule has 24 heavy (non-hydrogen) atoms. The predicted molar refractivity (Wildman–Crippen MR) is 80.9 cm³/mol. The van der Waals surface area contributed by atoms with E-state index in [0.29, 0.717) is 5.82 Å². The first-order valence-corrected chi connectivity index (χ1v) is 7.36. The third kappa shape index (κ3) is 2.31. The van der Waals surface area contributed by atoms with Crippen molar-refractivity contribution in [1.29, 1.82) is 5.26 Å². The van der Waals surface area contributed by atoms with Gasteiger partial charge in [-0.25, -0.2) is 9.97 Å². The Bertz CT molecular complexity index is 960. The Morgan fingerprint density at radius 2 is 1.88 bits per heavy atom. The number of fused-ring (bicyclic) bond motifs is 1. The average Bonchev–Trinajstić information content (AvgIpc) is 3.25. The van der Waals surface area contributed by atoms with Gasteiger partial charge in [0.05, 0.1) is 22.6 Å². The maximum atomic E-state index is 12.7. The first-order valence-electron chi connectivity index (χ1n) is 7.36. The van der Waals surface area contributed by atoms with Gasteiger partial charge in [0.15, 0.2) is 5.65 Å². The molecule has 1 aromatic carbocycles. The van der Waals surface area contributed by atoms with Gasteiger partial charge in [-0.05, 0) is 24.5 Å². The van der Waals surface area contributed by atoms with Crippen molar-refractivity contribution >= 4 is 11.2 Å². The van der Waals surface area contributed by atoms with E-state index in [2.05, 4.69) is 21.0 Å². The van der Waals surface area contributed by atoms with Crippen molar-refractivity contribution in [2.45, 2.75) is 24.4 Å². The van der Waals surface area contributed by atoms with Crippen molar-refractivity contribution in [3.05, 3.63) is 47.7 Å². The molecule has 1 N–H and O–H groups in total. The Hall–Kier alpha value is -2.88. The predicted octanol–water partition coefficient (Wildman–Crippen LogP) is 4.20. The van der Waals surface area contributed by atoms with Crippen molar-refractivity contribution in [1.82, 2.24) is 15.0 Å². The van der Waals surface area contributed by atoms with Gasteiger partial charge in [0.25, 0.3) is 0 Å². The normalized spacial score (nSPS) is 16.1. The molecule has 4 rings (SSSR count). The van der Waals surface area contributed by atoms with Crippen LogP contribution in [0.4, 0.5) is 13.2 Å². The number of hydrogen-bond donors (Lipinski definition) is 1. The Labute approximate surface area is 135 Å². The van der Waals surface area contributed by atoms with Gasteiger partial charge in [-0.1, -0.05) is 24.3 Å². The number of nitrogens with one attached hydrogen (secondary N) is 1. The SMILES string of the molecule is N#CC1(c2ccc(-c3nc4ncc(C(F)(F)F)cc4[nH]3)cc2)CC1. The molecule has 0 radical (unpaired) electrons. The molecule has 0 amide bonds. The molecule has 0 saturated heterocycles. The molecule has 120 valence electrons. The van der Waals surface area contributed by atoms with Crippen LogP contribution in [0.15, 0.2) is 36.5 Å². The lowest BCUT2D eigenvalue weighted by Gasteiger charge is -2.06. The van der Waals surface area contributed by atoms with Crippen molar-refractivity contribution in [2.24, 2.45) is 0 Å². The van der Waals surface area contributed by atoms with Gasteiger partial charge < -0.3 is 4.98 Å². The molecule has 4 nitrogen and oxygen atoms in total. The summed E-state index contributed by atoms with van der Waals surface area (Å²) in [7, 11) is 0. The lowest BCUT2D eigenvalue weighted by atomic mass is 9.96. The number of pyridine rings is 1. The fourth-order valence-corrected chi connectivity index (χ4v) is 2.73. The molecule has 1 aliphatic carbocycles. The van der Waals surface area contributed by atoms with Gasteiger partial charge in [0, 0.05) is 11.8 Å². The highest BCUT2D eigenvalue weighted by Gasteiger charge is 2.44. The summed E-state index contributed by atoms with van der Waals surface area (Å²) < 4.78 is 38.2. The van der Waals surface area contributed by atoms with Crippen LogP contribution in [0, 0.1) is 11.3 Å². The standard InChI is InChI=1S/C17H11F3N4/c18-17(19,20)12-7-13-15(22-8-12)24-14(23-13)10-1-3-11(4-2-10)16(9-21)5-6-16/h1-4,7-8H,5-6H2,(H,22,23,24). The lowest BCUT2D eigenvalue weighted by molar-refractivity contribution is -0.137. The number of hydrogen-bond acceptors (Lipinski definition) is 3. The van der Waals surface area contributed by atoms with Crippen molar-refractivity contribution in [3.8, 4) is 17.5 Å². The Morgan fingerprint density at radius 3 is 2.46 bits per heavy atom. The third-order valence-electron chi connectivity index (χ3n) is 4.34. The molecule has 2 heterocycles. The molecular formula is C17H11F3N4. The van der Waals surface area contributed by atoms with Crippen molar-refractivity contribution in [2.75, 3.05) is 0 Å². The van der Waals surface area contributed by atoms with Gasteiger partial charge >= 0.3 is 6.18 Å². The molecule has 1 saturated carbocycles. The van der Waals surface area contributed by atoms with Gasteiger partial charge in [-0.3, -0.25) is 0 Å². The van der Waals surface area contributed by atoms with E-state index in [-0.39, 0.29) is 16.6 Å². The van der Waals surface area contributed by atoms with Crippen LogP contribution in [-0.4, -0.2) is 15.0 Å². The number of H-pyrrole nitrogens is 1. The summed E-state index contributed by atoms with van der Waals surface area (Å²) in [6, 6.07) is 10.7. The quantitative estimate of drug-likeness (QED) is 0.767. The fourth-order valence-electron chi connectivity index (χ4n) is 2.73. The maximum absolute atomic E-state index is 12.7. The zero-order chi connectivity index (χ0) is 16.9. The topological polar surface area (TPSA) is 65.4 Å². The molecule has 0 unspecified atom stereocenters. The second-order valence-corrected chi connectivity index (χ2v) is 5.95. The molecule has 0 aliphatic heterocycles. The summed E-state index contributed by atoms with van der Waals surface area (Å²) in [6.07, 6.45) is -1.95. The maximum Gasteiger partial charge on any atom is 0.417 e. The van der Waals surface area contributed by atoms with E-state index in [4.69, 9.17) is 0 Å². The van der Waals surface area contributed by atoms with E-state index in [9.17, 15) is 18.4 Å². The largest absolute Gasteiger partial charge is 0.417 e. The van der Waals surface area contributed by atoms with Crippen LogP contribution in [0.2, 0.25) is 0 Å². The van der Waals surface area contributed by atoms with Gasteiger partial charge in [0.2, 0.25) is 0 Å². The minimum Gasteiger partial charge on any atom is -0.337 e. The number of nitrogens with zero attached hydrogens (tertiary/aromatic N) is 3. The molecule has 0 bridgehead atoms. The second-order valence-electron chi connectivity index (χ2n) is 5.95. The van der Waals surface area contributed by atoms with Crippen LogP contribution in [0.25, 0.3) is 22.6 Å². The zero-order valence-electron chi connectivity index (χ0n) is 12.4. The highest BCUT2D eigenvalue weighted by Crippen LogP contribution is 2.47. The molecule has 0 atom stereocenters. The van der Waals surface area contributed by atoms with E-state index < -0.39 is 11.7 Å². The number of aromatic nitrogens is 3. The van der Waals surface area contributed by atoms with Gasteiger partial charge in [0.1, 0.15) is 5.82 Å². The summed E-state index contributed by atoms with van der Waals surface area (Å²) >= 11 is 0. The average molecular weight is 328 g/mol. The molecule has 2 aromatic heterocycles. The third-order valence-corrected chi connectivity index (χ3v) is 4.34. The lowest BCUT2D eigenvalue weighted by Crippen LogP contribution is -2.05. The Balaban J connectivity index is 1.70. The Morgan fingerprint density at radius 1 is 1.17 bits per heavy atom. The molecule has 3 aromatic rings. The van der Waals surface area contributed by atoms with E-state index in [0.717, 1.165) is 36.2 Å². The fraction of sp³-hybridized carbons (Fsp3) is 0.235. The summed E-state index contributed by atoms with van der Waals surface area (Å²) in [4.78, 5) is 10.9. The van der Waals surface area contributed by atoms with Gasteiger partial charge in [-0.2, -0.15) is 18.4 Å². The second kappa shape index (κ2) is 4.81. The highest BCUT2D eigenvalue weighted by atomic mass is 19.4. The number of benzene rings is 1. The Kier molecular flexibility index (Phi) is 2.94. The van der Waals surface area contributed by atoms with Crippen molar-refractivity contribution < 1.29 is 13.2 Å². The van der Waals surface area contributed by atoms with Crippen LogP contribution >= 0.6 is 0 Å². The first kappa shape index (κ1) is 14.7. The van der Waals surface area contributed by atoms with E-state index in [1.807, 2.05) is 24.3 Å². The van der Waals surface area contributed by atoms with E-state index in [1.165, 1.54) is 0 Å². The summed E-state index contributed by atoms with van der Waals surface area (Å²) in [5, 5.41) is 9.21. The highest BCUT2D eigenvalue weighted by molar-refractivity contribution is 5.76. The van der Waals surface area contributed by atoms with E-state index >= 15 is 0 Å². The van der Waals surface area contributed by atoms with Crippen LogP contribution in [-0.2, 0) is 11.6 Å². The van der Waals surface area contributed by atoms with Crippen LogP contribution in [0.1, 0.15) is 24.0 Å². The van der Waals surface area contributed by atoms with Crippen LogP contribution < -0.4 is 0 Å². The molecular weight excluding hydrogens is 317 g/mol. The molecule has 1 aliphatic rings. The number of rotatable bonds is 2. The first-order chi connectivity index (χ1) is 11.4. The summed E-state index contributed by atoms with van der Waals surface area (Å²) in [6.45, 7) is 0. The minimum absolute atomic E-state index is 0.234. The molecule has 7 heteroatoms. The minimum atomic E-state index is -4.44. The van der Waals surface area contributed by atoms with Crippen LogP contribution in [0.3, 0.4) is 0 Å². The number of aromatic amines is 1. The zero-order valence-corrected chi connectivity index (χ0v) is 12.4. The summed E-state index contributed by atoms with van der Waals surface area (Å²) in [5.74, 6) is 0.449. The summed E-state index contributed by atoms with van der Waals surface area (Å²) in [5.41, 5.74) is 0.985. The number of alkyl halides is 3. The van der Waals surface area contributed by atoms with E-state index in [1.54, 1.807) is 0 Å². The monoisotopic (exact) mass is 328 g/mol. The van der Waals surface area contributed by atoms with Crippen molar-refractivity contribution in [3.63, 3.8) is 0 Å².